The molecule has 0 spiro atoms. The lowest BCUT2D eigenvalue weighted by Gasteiger charge is -2.40. The lowest BCUT2D eigenvalue weighted by atomic mass is 9.96. The van der Waals surface area contributed by atoms with E-state index >= 15 is 0 Å². The van der Waals surface area contributed by atoms with Gasteiger partial charge in [-0.2, -0.15) is 0 Å². The monoisotopic (exact) mass is 422 g/mol. The van der Waals surface area contributed by atoms with Crippen LogP contribution in [0.15, 0.2) is 36.7 Å². The number of piperidine rings is 1. The number of carbonyl (C=O) groups is 1. The fourth-order valence-electron chi connectivity index (χ4n) is 4.39. The molecule has 0 radical (unpaired) electrons. The Kier molecular flexibility index (Phi) is 5.06. The van der Waals surface area contributed by atoms with E-state index in [4.69, 9.17) is 0 Å². The normalized spacial score (nSPS) is 21.2. The maximum Gasteiger partial charge on any atom is 0.276 e. The molecule has 2 aliphatic rings. The predicted octanol–water partition coefficient (Wildman–Crippen LogP) is 2.49. The molecule has 2 atom stereocenters. The summed E-state index contributed by atoms with van der Waals surface area (Å²) in [6.45, 7) is 4.33. The van der Waals surface area contributed by atoms with Crippen molar-refractivity contribution >= 4 is 17.5 Å². The standard InChI is InChI=1S/C21H23FN8O/c1-13-8-17(6-7-30(13)20(31)18-10-24-28-27-18)29-11-14-9-23-21(26-19(14)12-29)25-16-4-2-15(22)3-5-16/h2-5,9-10,13,17H,6-8,11-12H2,1H3,(H,23,25,26)(H,24,27,28)/t13-,17-/m1/s1. The summed E-state index contributed by atoms with van der Waals surface area (Å²) >= 11 is 0. The number of H-pyrrole nitrogens is 1. The van der Waals surface area contributed by atoms with Crippen LogP contribution in [0.3, 0.4) is 0 Å². The first-order valence-corrected chi connectivity index (χ1v) is 10.4. The Balaban J connectivity index is 1.22. The third-order valence-electron chi connectivity index (χ3n) is 6.04. The number of nitrogens with one attached hydrogen (secondary N) is 2. The van der Waals surface area contributed by atoms with Crippen molar-refractivity contribution < 1.29 is 9.18 Å². The molecule has 2 N–H and O–H groups in total. The first-order valence-electron chi connectivity index (χ1n) is 10.4. The van der Waals surface area contributed by atoms with E-state index in [1.807, 2.05) is 11.1 Å². The zero-order chi connectivity index (χ0) is 21.4. The van der Waals surface area contributed by atoms with Crippen molar-refractivity contribution in [2.45, 2.75) is 44.9 Å². The van der Waals surface area contributed by atoms with E-state index in [0.29, 0.717) is 24.2 Å². The number of amides is 1. The van der Waals surface area contributed by atoms with Crippen molar-refractivity contribution in [2.24, 2.45) is 0 Å². The van der Waals surface area contributed by atoms with Crippen LogP contribution in [0.4, 0.5) is 16.0 Å². The number of aromatic nitrogens is 5. The molecule has 4 heterocycles. The summed E-state index contributed by atoms with van der Waals surface area (Å²) in [6.07, 6.45) is 5.19. The number of carbonyl (C=O) groups excluding carboxylic acids is 1. The van der Waals surface area contributed by atoms with Gasteiger partial charge in [0.2, 0.25) is 5.95 Å². The minimum atomic E-state index is -0.279. The van der Waals surface area contributed by atoms with E-state index in [1.54, 1.807) is 12.1 Å². The molecule has 10 heteroatoms. The number of aromatic amines is 1. The summed E-state index contributed by atoms with van der Waals surface area (Å²) in [4.78, 5) is 26.0. The number of hydrogen-bond acceptors (Lipinski definition) is 7. The van der Waals surface area contributed by atoms with Crippen LogP contribution in [0.25, 0.3) is 0 Å². The van der Waals surface area contributed by atoms with Gasteiger partial charge in [0, 0.05) is 49.2 Å². The average molecular weight is 422 g/mol. The van der Waals surface area contributed by atoms with Gasteiger partial charge >= 0.3 is 0 Å². The zero-order valence-electron chi connectivity index (χ0n) is 17.1. The number of likely N-dealkylation sites (tertiary alicyclic amines) is 1. The number of hydrogen-bond donors (Lipinski definition) is 2. The van der Waals surface area contributed by atoms with Gasteiger partial charge in [0.25, 0.3) is 5.91 Å². The van der Waals surface area contributed by atoms with Gasteiger partial charge in [-0.05, 0) is 44.0 Å². The molecule has 160 valence electrons. The number of halogens is 1. The van der Waals surface area contributed by atoms with Gasteiger partial charge in [0.1, 0.15) is 5.82 Å². The fraction of sp³-hybridized carbons (Fsp3) is 0.381. The molecule has 0 unspecified atom stereocenters. The molecule has 1 amide bonds. The van der Waals surface area contributed by atoms with Crippen LogP contribution in [0.2, 0.25) is 0 Å². The van der Waals surface area contributed by atoms with E-state index in [0.717, 1.165) is 42.9 Å². The molecule has 31 heavy (non-hydrogen) atoms. The highest BCUT2D eigenvalue weighted by molar-refractivity contribution is 5.92. The van der Waals surface area contributed by atoms with E-state index < -0.39 is 0 Å². The SMILES string of the molecule is C[C@@H]1C[C@H](N2Cc3cnc(Nc4ccc(F)cc4)nc3C2)CCN1C(=O)c1c[nH]nn1. The molecule has 2 aromatic heterocycles. The van der Waals surface area contributed by atoms with Crippen LogP contribution >= 0.6 is 0 Å². The molecule has 0 aliphatic carbocycles. The molecular weight excluding hydrogens is 399 g/mol. The van der Waals surface area contributed by atoms with Gasteiger partial charge in [-0.3, -0.25) is 14.8 Å². The predicted molar refractivity (Wildman–Crippen MR) is 111 cm³/mol. The smallest absolute Gasteiger partial charge is 0.276 e. The van der Waals surface area contributed by atoms with Gasteiger partial charge in [-0.15, -0.1) is 5.10 Å². The molecule has 9 nitrogen and oxygen atoms in total. The zero-order valence-corrected chi connectivity index (χ0v) is 17.1. The van der Waals surface area contributed by atoms with Crippen LogP contribution in [-0.2, 0) is 13.1 Å². The van der Waals surface area contributed by atoms with Crippen molar-refractivity contribution in [2.75, 3.05) is 11.9 Å². The van der Waals surface area contributed by atoms with Gasteiger partial charge in [-0.1, -0.05) is 5.21 Å². The fourth-order valence-corrected chi connectivity index (χ4v) is 4.39. The lowest BCUT2D eigenvalue weighted by Crippen LogP contribution is -2.50. The first kappa shape index (κ1) is 19.6. The minimum Gasteiger partial charge on any atom is -0.334 e. The maximum atomic E-state index is 13.1. The van der Waals surface area contributed by atoms with E-state index in [2.05, 4.69) is 42.5 Å². The van der Waals surface area contributed by atoms with Gasteiger partial charge in [0.15, 0.2) is 5.69 Å². The Hall–Kier alpha value is -3.40. The molecule has 1 saturated heterocycles. The Morgan fingerprint density at radius 3 is 2.84 bits per heavy atom. The summed E-state index contributed by atoms with van der Waals surface area (Å²) < 4.78 is 13.1. The number of anilines is 2. The van der Waals surface area contributed by atoms with E-state index in [1.165, 1.54) is 18.3 Å². The molecular formula is C21H23FN8O. The highest BCUT2D eigenvalue weighted by Gasteiger charge is 2.35. The van der Waals surface area contributed by atoms with Crippen molar-refractivity contribution in [1.29, 1.82) is 0 Å². The van der Waals surface area contributed by atoms with Gasteiger partial charge in [0.05, 0.1) is 11.9 Å². The minimum absolute atomic E-state index is 0.0771. The van der Waals surface area contributed by atoms with Gasteiger partial charge < -0.3 is 10.2 Å². The molecule has 3 aromatic rings. The van der Waals surface area contributed by atoms with Crippen molar-refractivity contribution in [3.05, 3.63) is 59.4 Å². The molecule has 1 fully saturated rings. The molecule has 0 saturated carbocycles. The van der Waals surface area contributed by atoms with Crippen LogP contribution in [-0.4, -0.2) is 59.7 Å². The third kappa shape index (κ3) is 3.98. The lowest BCUT2D eigenvalue weighted by molar-refractivity contribution is 0.0455. The molecule has 5 rings (SSSR count). The van der Waals surface area contributed by atoms with Crippen LogP contribution < -0.4 is 5.32 Å². The summed E-state index contributed by atoms with van der Waals surface area (Å²) in [7, 11) is 0. The Labute approximate surface area is 178 Å². The quantitative estimate of drug-likeness (QED) is 0.666. The average Bonchev–Trinajstić information content (AvgIpc) is 3.45. The summed E-state index contributed by atoms with van der Waals surface area (Å²) in [5.41, 5.74) is 3.23. The maximum absolute atomic E-state index is 13.1. The van der Waals surface area contributed by atoms with Crippen LogP contribution in [0.5, 0.6) is 0 Å². The highest BCUT2D eigenvalue weighted by Crippen LogP contribution is 2.30. The van der Waals surface area contributed by atoms with Crippen LogP contribution in [0.1, 0.15) is 41.5 Å². The third-order valence-corrected chi connectivity index (χ3v) is 6.04. The van der Waals surface area contributed by atoms with E-state index in [-0.39, 0.29) is 17.8 Å². The summed E-state index contributed by atoms with van der Waals surface area (Å²) in [5.74, 6) is 0.152. The van der Waals surface area contributed by atoms with Crippen molar-refractivity contribution in [1.82, 2.24) is 35.2 Å². The summed E-state index contributed by atoms with van der Waals surface area (Å²) in [6, 6.07) is 6.62. The second kappa shape index (κ2) is 8.03. The Morgan fingerprint density at radius 1 is 1.26 bits per heavy atom. The second-order valence-corrected chi connectivity index (χ2v) is 8.09. The highest BCUT2D eigenvalue weighted by atomic mass is 19.1. The number of nitrogens with zero attached hydrogens (tertiary/aromatic N) is 6. The number of rotatable bonds is 4. The molecule has 2 aliphatic heterocycles. The summed E-state index contributed by atoms with van der Waals surface area (Å²) in [5, 5.41) is 13.2. The van der Waals surface area contributed by atoms with Crippen molar-refractivity contribution in [3.8, 4) is 0 Å². The van der Waals surface area contributed by atoms with Crippen molar-refractivity contribution in [3.63, 3.8) is 0 Å². The first-order chi connectivity index (χ1) is 15.1. The van der Waals surface area contributed by atoms with Crippen LogP contribution in [0, 0.1) is 5.82 Å². The Bertz CT molecular complexity index is 1070. The topological polar surface area (TPSA) is 103 Å². The number of benzene rings is 1. The second-order valence-electron chi connectivity index (χ2n) is 8.09. The number of fused-ring (bicyclic) bond motifs is 1. The van der Waals surface area contributed by atoms with E-state index in [9.17, 15) is 9.18 Å². The largest absolute Gasteiger partial charge is 0.334 e. The Morgan fingerprint density at radius 2 is 2.10 bits per heavy atom. The van der Waals surface area contributed by atoms with Gasteiger partial charge in [-0.25, -0.2) is 14.4 Å². The molecule has 0 bridgehead atoms. The molecule has 1 aromatic carbocycles.